The van der Waals surface area contributed by atoms with Crippen LogP contribution in [0.25, 0.3) is 10.2 Å². The summed E-state index contributed by atoms with van der Waals surface area (Å²) >= 11 is 8.14. The van der Waals surface area contributed by atoms with Gasteiger partial charge in [0.2, 0.25) is 0 Å². The van der Waals surface area contributed by atoms with Crippen LogP contribution in [0.15, 0.2) is 24.5 Å². The van der Waals surface area contributed by atoms with Crippen LogP contribution in [0.5, 0.6) is 0 Å². The second-order valence-electron chi connectivity index (χ2n) is 8.52. The van der Waals surface area contributed by atoms with Crippen LogP contribution in [-0.4, -0.2) is 23.0 Å². The molecule has 1 atom stereocenters. The number of aromatic nitrogens is 2. The van der Waals surface area contributed by atoms with E-state index in [0.29, 0.717) is 27.6 Å². The molecule has 0 saturated heterocycles. The molecule has 7 heteroatoms. The van der Waals surface area contributed by atoms with Crippen LogP contribution in [0.3, 0.4) is 0 Å². The Hall–Kier alpha value is -2.18. The SMILES string of the molecule is COC(=O)c1ccc(Cl)c(Nc2ncnc3sc4c(c23)CCC(C(C)(C)C)C4)c1. The van der Waals surface area contributed by atoms with Crippen LogP contribution < -0.4 is 5.32 Å². The largest absolute Gasteiger partial charge is 0.465 e. The van der Waals surface area contributed by atoms with Gasteiger partial charge in [-0.15, -0.1) is 11.3 Å². The van der Waals surface area contributed by atoms with Gasteiger partial charge in [-0.05, 0) is 54.4 Å². The molecular formula is C22H24ClN3O2S. The van der Waals surface area contributed by atoms with Crippen LogP contribution in [0.4, 0.5) is 11.5 Å². The summed E-state index contributed by atoms with van der Waals surface area (Å²) in [5.41, 5.74) is 2.69. The van der Waals surface area contributed by atoms with Crippen molar-refractivity contribution in [2.24, 2.45) is 11.3 Å². The minimum absolute atomic E-state index is 0.294. The van der Waals surface area contributed by atoms with E-state index in [0.717, 1.165) is 35.3 Å². The van der Waals surface area contributed by atoms with Gasteiger partial charge in [0.1, 0.15) is 17.0 Å². The molecule has 0 aliphatic heterocycles. The number of methoxy groups -OCH3 is 1. The van der Waals surface area contributed by atoms with Gasteiger partial charge in [-0.25, -0.2) is 14.8 Å². The molecule has 1 aliphatic rings. The first-order chi connectivity index (χ1) is 13.8. The van der Waals surface area contributed by atoms with Gasteiger partial charge in [-0.2, -0.15) is 0 Å². The van der Waals surface area contributed by atoms with Gasteiger partial charge >= 0.3 is 5.97 Å². The van der Waals surface area contributed by atoms with Crippen LogP contribution in [0.1, 0.15) is 48.0 Å². The molecule has 1 N–H and O–H groups in total. The van der Waals surface area contributed by atoms with Crippen LogP contribution in [0.2, 0.25) is 5.02 Å². The molecule has 0 spiro atoms. The number of thiophene rings is 1. The summed E-state index contributed by atoms with van der Waals surface area (Å²) in [6.07, 6.45) is 4.84. The van der Waals surface area contributed by atoms with E-state index in [2.05, 4.69) is 36.1 Å². The maximum absolute atomic E-state index is 11.9. The van der Waals surface area contributed by atoms with E-state index >= 15 is 0 Å². The lowest BCUT2D eigenvalue weighted by molar-refractivity contribution is 0.0601. The molecule has 1 aromatic carbocycles. The Morgan fingerprint density at radius 2 is 2.10 bits per heavy atom. The number of rotatable bonds is 3. The molecule has 0 saturated carbocycles. The van der Waals surface area contributed by atoms with E-state index in [1.165, 1.54) is 17.6 Å². The summed E-state index contributed by atoms with van der Waals surface area (Å²) in [5.74, 6) is 0.989. The van der Waals surface area contributed by atoms with E-state index in [-0.39, 0.29) is 0 Å². The predicted octanol–water partition coefficient (Wildman–Crippen LogP) is 6.03. The number of hydrogen-bond acceptors (Lipinski definition) is 6. The Labute approximate surface area is 179 Å². The Morgan fingerprint density at radius 1 is 1.31 bits per heavy atom. The van der Waals surface area contributed by atoms with Gasteiger partial charge in [0.05, 0.1) is 28.8 Å². The average Bonchev–Trinajstić information content (AvgIpc) is 3.07. The first kappa shape index (κ1) is 20.1. The first-order valence-electron chi connectivity index (χ1n) is 9.68. The topological polar surface area (TPSA) is 64.1 Å². The highest BCUT2D eigenvalue weighted by atomic mass is 35.5. The molecule has 1 unspecified atom stereocenters. The summed E-state index contributed by atoms with van der Waals surface area (Å²) < 4.78 is 4.82. The lowest BCUT2D eigenvalue weighted by atomic mass is 9.72. The van der Waals surface area contributed by atoms with E-state index in [1.807, 2.05) is 0 Å². The average molecular weight is 430 g/mol. The minimum Gasteiger partial charge on any atom is -0.465 e. The molecule has 1 aliphatic carbocycles. The molecule has 4 rings (SSSR count). The maximum atomic E-state index is 11.9. The zero-order valence-electron chi connectivity index (χ0n) is 17.0. The Kier molecular flexibility index (Phi) is 5.25. The lowest BCUT2D eigenvalue weighted by Gasteiger charge is -2.33. The minimum atomic E-state index is -0.404. The highest BCUT2D eigenvalue weighted by molar-refractivity contribution is 7.19. The molecule has 5 nitrogen and oxygen atoms in total. The summed E-state index contributed by atoms with van der Waals surface area (Å²) in [7, 11) is 1.36. The third-order valence-electron chi connectivity index (χ3n) is 5.71. The molecule has 29 heavy (non-hydrogen) atoms. The van der Waals surface area contributed by atoms with Crippen molar-refractivity contribution in [3.8, 4) is 0 Å². The lowest BCUT2D eigenvalue weighted by Crippen LogP contribution is -2.26. The molecule has 0 radical (unpaired) electrons. The number of carbonyl (C=O) groups is 1. The quantitative estimate of drug-likeness (QED) is 0.515. The molecule has 0 fully saturated rings. The fraction of sp³-hybridized carbons (Fsp3) is 0.409. The number of aryl methyl sites for hydroxylation is 1. The monoisotopic (exact) mass is 429 g/mol. The third-order valence-corrected chi connectivity index (χ3v) is 7.20. The highest BCUT2D eigenvalue weighted by Crippen LogP contribution is 2.44. The summed E-state index contributed by atoms with van der Waals surface area (Å²) in [6, 6.07) is 5.02. The molecule has 152 valence electrons. The Bertz CT molecular complexity index is 1090. The van der Waals surface area contributed by atoms with Gasteiger partial charge < -0.3 is 10.1 Å². The Balaban J connectivity index is 1.73. The predicted molar refractivity (Wildman–Crippen MR) is 118 cm³/mol. The van der Waals surface area contributed by atoms with Gasteiger partial charge in [-0.3, -0.25) is 0 Å². The van der Waals surface area contributed by atoms with Crippen molar-refractivity contribution < 1.29 is 9.53 Å². The zero-order valence-corrected chi connectivity index (χ0v) is 18.6. The van der Waals surface area contributed by atoms with Crippen molar-refractivity contribution in [3.63, 3.8) is 0 Å². The summed E-state index contributed by atoms with van der Waals surface area (Å²) in [4.78, 5) is 23.3. The number of ether oxygens (including phenoxy) is 1. The number of anilines is 2. The molecule has 3 aromatic rings. The van der Waals surface area contributed by atoms with Crippen molar-refractivity contribution in [2.75, 3.05) is 12.4 Å². The first-order valence-corrected chi connectivity index (χ1v) is 10.9. The number of benzene rings is 1. The van der Waals surface area contributed by atoms with Crippen molar-refractivity contribution in [2.45, 2.75) is 40.0 Å². The fourth-order valence-corrected chi connectivity index (χ4v) is 5.37. The maximum Gasteiger partial charge on any atom is 0.337 e. The second-order valence-corrected chi connectivity index (χ2v) is 10.0. The number of fused-ring (bicyclic) bond motifs is 3. The summed E-state index contributed by atoms with van der Waals surface area (Å²) in [5, 5.41) is 4.91. The second kappa shape index (κ2) is 7.58. The standard InChI is InChI=1S/C22H24ClN3O2S/c1-22(2,3)13-6-7-14-17(10-13)29-20-18(14)19(24-11-25-20)26-16-9-12(21(27)28-4)5-8-15(16)23/h5,8-9,11,13H,6-7,10H2,1-4H3,(H,24,25,26). The van der Waals surface area contributed by atoms with Crippen molar-refractivity contribution >= 4 is 50.6 Å². The molecular weight excluding hydrogens is 406 g/mol. The van der Waals surface area contributed by atoms with Crippen LogP contribution in [-0.2, 0) is 17.6 Å². The molecule has 2 aromatic heterocycles. The smallest absolute Gasteiger partial charge is 0.337 e. The van der Waals surface area contributed by atoms with E-state index in [9.17, 15) is 4.79 Å². The summed E-state index contributed by atoms with van der Waals surface area (Å²) in [6.45, 7) is 6.96. The normalized spacial score (nSPS) is 16.5. The third kappa shape index (κ3) is 3.83. The van der Waals surface area contributed by atoms with E-state index in [1.54, 1.807) is 35.9 Å². The zero-order chi connectivity index (χ0) is 20.8. The number of carbonyl (C=O) groups excluding carboxylic acids is 1. The van der Waals surface area contributed by atoms with Gasteiger partial charge in [0.15, 0.2) is 0 Å². The van der Waals surface area contributed by atoms with E-state index < -0.39 is 5.97 Å². The number of hydrogen-bond donors (Lipinski definition) is 1. The Morgan fingerprint density at radius 3 is 2.83 bits per heavy atom. The van der Waals surface area contributed by atoms with Gasteiger partial charge in [0, 0.05) is 4.88 Å². The van der Waals surface area contributed by atoms with Crippen LogP contribution >= 0.6 is 22.9 Å². The fourth-order valence-electron chi connectivity index (χ4n) is 3.94. The number of nitrogens with one attached hydrogen (secondary N) is 1. The molecule has 0 amide bonds. The van der Waals surface area contributed by atoms with Gasteiger partial charge in [-0.1, -0.05) is 32.4 Å². The number of esters is 1. The van der Waals surface area contributed by atoms with Crippen LogP contribution in [0, 0.1) is 11.3 Å². The van der Waals surface area contributed by atoms with Crippen molar-refractivity contribution in [1.29, 1.82) is 0 Å². The highest BCUT2D eigenvalue weighted by Gasteiger charge is 2.31. The van der Waals surface area contributed by atoms with Crippen molar-refractivity contribution in [3.05, 3.63) is 45.6 Å². The van der Waals surface area contributed by atoms with Gasteiger partial charge in [0.25, 0.3) is 0 Å². The van der Waals surface area contributed by atoms with Crippen molar-refractivity contribution in [1.82, 2.24) is 9.97 Å². The van der Waals surface area contributed by atoms with E-state index in [4.69, 9.17) is 16.3 Å². The number of halogens is 1. The molecule has 0 bridgehead atoms. The number of nitrogens with zero attached hydrogens (tertiary/aromatic N) is 2. The molecule has 2 heterocycles.